The molecule has 1 fully saturated rings. The molecule has 1 rings (SSSR count). The number of hydrogen-bond acceptors (Lipinski definition) is 0. The Kier molecular flexibility index (Phi) is 5.56. The molecule has 0 spiro atoms. The minimum atomic E-state index is -4.16. The summed E-state index contributed by atoms with van der Waals surface area (Å²) in [7, 11) is 0. The fraction of sp³-hybridized carbons (Fsp3) is 1.00. The van der Waals surface area contributed by atoms with Gasteiger partial charge < -0.3 is 0 Å². The predicted molar refractivity (Wildman–Crippen MR) is 60.6 cm³/mol. The average Bonchev–Trinajstić information content (AvgIpc) is 2.21. The molecule has 0 saturated heterocycles. The lowest BCUT2D eigenvalue weighted by molar-refractivity contribution is -0.140. The van der Waals surface area contributed by atoms with Crippen molar-refractivity contribution in [3.63, 3.8) is 0 Å². The highest BCUT2D eigenvalue weighted by atomic mass is 19.4. The summed E-state index contributed by atoms with van der Waals surface area (Å²) in [6.07, 6.45) is -7.95. The molecule has 0 aromatic heterocycles. The Bertz CT molecular complexity index is 241. The van der Waals surface area contributed by atoms with Crippen LogP contribution in [0.25, 0.3) is 0 Å². The molecule has 0 radical (unpaired) electrons. The van der Waals surface area contributed by atoms with Crippen LogP contribution in [0.5, 0.6) is 0 Å². The van der Waals surface area contributed by atoms with Gasteiger partial charge in [-0.2, -0.15) is 26.3 Å². The number of rotatable bonds is 4. The topological polar surface area (TPSA) is 0 Å². The van der Waals surface area contributed by atoms with E-state index in [1.807, 2.05) is 6.92 Å². The van der Waals surface area contributed by atoms with E-state index in [4.69, 9.17) is 0 Å². The quantitative estimate of drug-likeness (QED) is 0.580. The second kappa shape index (κ2) is 6.35. The van der Waals surface area contributed by atoms with Crippen LogP contribution in [-0.4, -0.2) is 12.4 Å². The highest BCUT2D eigenvalue weighted by Crippen LogP contribution is 2.40. The van der Waals surface area contributed by atoms with E-state index in [2.05, 4.69) is 0 Å². The molecule has 1 aliphatic carbocycles. The third kappa shape index (κ3) is 7.67. The Morgan fingerprint density at radius 1 is 0.737 bits per heavy atom. The van der Waals surface area contributed by atoms with Crippen LogP contribution in [0, 0.1) is 17.8 Å². The molecule has 0 aliphatic heterocycles. The van der Waals surface area contributed by atoms with Gasteiger partial charge in [-0.3, -0.25) is 0 Å². The van der Waals surface area contributed by atoms with Gasteiger partial charge in [-0.15, -0.1) is 0 Å². The molecule has 114 valence electrons. The Morgan fingerprint density at radius 3 is 1.42 bits per heavy atom. The van der Waals surface area contributed by atoms with E-state index in [0.29, 0.717) is 19.3 Å². The van der Waals surface area contributed by atoms with Crippen LogP contribution in [0.3, 0.4) is 0 Å². The fourth-order valence-electron chi connectivity index (χ4n) is 3.11. The third-order valence-corrected chi connectivity index (χ3v) is 3.81. The first kappa shape index (κ1) is 16.6. The normalized spacial score (nSPS) is 29.5. The minimum Gasteiger partial charge on any atom is -0.171 e. The Balaban J connectivity index is 2.40. The van der Waals surface area contributed by atoms with Gasteiger partial charge in [-0.1, -0.05) is 6.92 Å². The Hall–Kier alpha value is -0.420. The van der Waals surface area contributed by atoms with Crippen LogP contribution in [0.2, 0.25) is 0 Å². The van der Waals surface area contributed by atoms with E-state index < -0.39 is 25.2 Å². The van der Waals surface area contributed by atoms with Crippen LogP contribution in [0.4, 0.5) is 26.3 Å². The zero-order chi connectivity index (χ0) is 14.7. The highest BCUT2D eigenvalue weighted by molar-refractivity contribution is 4.78. The van der Waals surface area contributed by atoms with Crippen molar-refractivity contribution in [2.75, 3.05) is 0 Å². The van der Waals surface area contributed by atoms with Gasteiger partial charge in [0.25, 0.3) is 0 Å². The largest absolute Gasteiger partial charge is 0.389 e. The molecule has 0 N–H and O–H groups in total. The molecule has 0 amide bonds. The van der Waals surface area contributed by atoms with Crippen LogP contribution in [0.1, 0.15) is 51.9 Å². The Labute approximate surface area is 109 Å². The average molecular weight is 290 g/mol. The second-order valence-electron chi connectivity index (χ2n) is 5.85. The molecule has 0 heterocycles. The van der Waals surface area contributed by atoms with E-state index in [1.165, 1.54) is 0 Å². The molecule has 0 aromatic rings. The summed E-state index contributed by atoms with van der Waals surface area (Å²) < 4.78 is 73.0. The van der Waals surface area contributed by atoms with E-state index in [-0.39, 0.29) is 30.6 Å². The highest BCUT2D eigenvalue weighted by Gasteiger charge is 2.34. The summed E-state index contributed by atoms with van der Waals surface area (Å²) in [5.41, 5.74) is 0. The smallest absolute Gasteiger partial charge is 0.171 e. The lowest BCUT2D eigenvalue weighted by Gasteiger charge is -2.33. The van der Waals surface area contributed by atoms with Crippen molar-refractivity contribution in [3.8, 4) is 0 Å². The number of alkyl halides is 6. The molecule has 2 unspecified atom stereocenters. The van der Waals surface area contributed by atoms with Crippen molar-refractivity contribution in [1.29, 1.82) is 0 Å². The van der Waals surface area contributed by atoms with E-state index in [0.717, 1.165) is 0 Å². The standard InChI is InChI=1S/C13H20F6/c1-9-6-10(2-4-12(14,15)16)8-11(7-9)3-5-13(17,18)19/h9-11H,2-8H2,1H3. The minimum absolute atomic E-state index is 0.0519. The van der Waals surface area contributed by atoms with Crippen molar-refractivity contribution in [1.82, 2.24) is 0 Å². The van der Waals surface area contributed by atoms with Gasteiger partial charge in [0.1, 0.15) is 0 Å². The van der Waals surface area contributed by atoms with E-state index in [9.17, 15) is 26.3 Å². The summed E-state index contributed by atoms with van der Waals surface area (Å²) >= 11 is 0. The van der Waals surface area contributed by atoms with Crippen molar-refractivity contribution in [2.24, 2.45) is 17.8 Å². The van der Waals surface area contributed by atoms with Crippen molar-refractivity contribution in [3.05, 3.63) is 0 Å². The van der Waals surface area contributed by atoms with Crippen molar-refractivity contribution >= 4 is 0 Å². The molecular weight excluding hydrogens is 270 g/mol. The maximum absolute atomic E-state index is 12.2. The van der Waals surface area contributed by atoms with Crippen LogP contribution in [0.15, 0.2) is 0 Å². The zero-order valence-corrected chi connectivity index (χ0v) is 10.9. The molecule has 1 saturated carbocycles. The SMILES string of the molecule is CC1CC(CCC(F)(F)F)CC(CCC(F)(F)F)C1. The lowest BCUT2D eigenvalue weighted by atomic mass is 9.73. The molecule has 0 bridgehead atoms. The molecule has 6 heteroatoms. The summed E-state index contributed by atoms with van der Waals surface area (Å²) in [6, 6.07) is 0. The number of hydrogen-bond donors (Lipinski definition) is 0. The van der Waals surface area contributed by atoms with E-state index >= 15 is 0 Å². The maximum Gasteiger partial charge on any atom is 0.389 e. The maximum atomic E-state index is 12.2. The van der Waals surface area contributed by atoms with E-state index in [1.54, 1.807) is 0 Å². The van der Waals surface area contributed by atoms with Crippen LogP contribution >= 0.6 is 0 Å². The Morgan fingerprint density at radius 2 is 1.11 bits per heavy atom. The summed E-state index contributed by atoms with van der Waals surface area (Å²) in [5, 5.41) is 0. The van der Waals surface area contributed by atoms with Gasteiger partial charge in [0.2, 0.25) is 0 Å². The third-order valence-electron chi connectivity index (χ3n) is 3.81. The number of halogens is 6. The first-order chi connectivity index (χ1) is 8.55. The van der Waals surface area contributed by atoms with Crippen molar-refractivity contribution in [2.45, 2.75) is 64.2 Å². The van der Waals surface area contributed by atoms with Gasteiger partial charge in [0.05, 0.1) is 0 Å². The zero-order valence-electron chi connectivity index (χ0n) is 10.9. The van der Waals surface area contributed by atoms with Gasteiger partial charge in [-0.05, 0) is 49.9 Å². The fourth-order valence-corrected chi connectivity index (χ4v) is 3.11. The summed E-state index contributed by atoms with van der Waals surface area (Å²) in [6.45, 7) is 1.92. The predicted octanol–water partition coefficient (Wildman–Crippen LogP) is 5.72. The second-order valence-corrected chi connectivity index (χ2v) is 5.85. The van der Waals surface area contributed by atoms with Gasteiger partial charge in [-0.25, -0.2) is 0 Å². The van der Waals surface area contributed by atoms with Crippen LogP contribution in [-0.2, 0) is 0 Å². The first-order valence-electron chi connectivity index (χ1n) is 6.68. The monoisotopic (exact) mass is 290 g/mol. The molecule has 2 atom stereocenters. The summed E-state index contributed by atoms with van der Waals surface area (Å²) in [4.78, 5) is 0. The van der Waals surface area contributed by atoms with Crippen molar-refractivity contribution < 1.29 is 26.3 Å². The lowest BCUT2D eigenvalue weighted by Crippen LogP contribution is -2.24. The summed E-state index contributed by atoms with van der Waals surface area (Å²) in [5.74, 6) is 0.0671. The van der Waals surface area contributed by atoms with Gasteiger partial charge in [0, 0.05) is 12.8 Å². The van der Waals surface area contributed by atoms with Crippen LogP contribution < -0.4 is 0 Å². The molecule has 0 aromatic carbocycles. The molecule has 0 nitrogen and oxygen atoms in total. The first-order valence-corrected chi connectivity index (χ1v) is 6.68. The molecule has 19 heavy (non-hydrogen) atoms. The molecular formula is C13H20F6. The van der Waals surface area contributed by atoms with Gasteiger partial charge >= 0.3 is 12.4 Å². The van der Waals surface area contributed by atoms with Gasteiger partial charge in [0.15, 0.2) is 0 Å². The molecule has 1 aliphatic rings.